The number of aliphatic hydroxyl groups is 1. The Morgan fingerprint density at radius 1 is 1.17 bits per heavy atom. The monoisotopic (exact) mass is 355 g/mol. The van der Waals surface area contributed by atoms with E-state index in [1.807, 2.05) is 0 Å². The van der Waals surface area contributed by atoms with Gasteiger partial charge in [0.1, 0.15) is 11.5 Å². The third-order valence-electron chi connectivity index (χ3n) is 3.63. The van der Waals surface area contributed by atoms with Gasteiger partial charge < -0.3 is 14.8 Å². The number of H-pyrrole nitrogens is 1. The van der Waals surface area contributed by atoms with Gasteiger partial charge in [0.2, 0.25) is 0 Å². The van der Waals surface area contributed by atoms with Crippen LogP contribution in [0.2, 0.25) is 5.02 Å². The second-order valence-electron chi connectivity index (χ2n) is 5.39. The maximum Gasteiger partial charge on any atom is 0.416 e. The van der Waals surface area contributed by atoms with E-state index in [4.69, 9.17) is 16.3 Å². The summed E-state index contributed by atoms with van der Waals surface area (Å²) >= 11 is 6.03. The molecule has 7 heteroatoms. The van der Waals surface area contributed by atoms with Crippen LogP contribution in [0.15, 0.2) is 36.4 Å². The van der Waals surface area contributed by atoms with Crippen LogP contribution in [0.3, 0.4) is 0 Å². The number of fused-ring (bicyclic) bond motifs is 1. The Hall–Kier alpha value is -2.18. The average Bonchev–Trinajstić information content (AvgIpc) is 2.91. The first kappa shape index (κ1) is 16.7. The van der Waals surface area contributed by atoms with Crippen LogP contribution >= 0.6 is 11.6 Å². The Bertz CT molecular complexity index is 903. The smallest absolute Gasteiger partial charge is 0.416 e. The molecule has 0 unspecified atom stereocenters. The van der Waals surface area contributed by atoms with Crippen molar-refractivity contribution < 1.29 is 23.0 Å². The lowest BCUT2D eigenvalue weighted by atomic mass is 10.1. The molecule has 2 aromatic carbocycles. The fourth-order valence-electron chi connectivity index (χ4n) is 2.50. The van der Waals surface area contributed by atoms with Gasteiger partial charge in [0.15, 0.2) is 0 Å². The number of rotatable bonds is 3. The molecule has 1 heterocycles. The molecule has 0 aliphatic carbocycles. The number of aliphatic hydroxyl groups excluding tert-OH is 1. The van der Waals surface area contributed by atoms with E-state index in [0.717, 1.165) is 6.07 Å². The van der Waals surface area contributed by atoms with Crippen LogP contribution in [0, 0.1) is 6.92 Å². The second-order valence-corrected chi connectivity index (χ2v) is 5.83. The summed E-state index contributed by atoms with van der Waals surface area (Å²) in [6.07, 6.45) is -4.45. The van der Waals surface area contributed by atoms with Gasteiger partial charge in [-0.05, 0) is 36.8 Å². The van der Waals surface area contributed by atoms with Crippen LogP contribution in [-0.2, 0) is 12.8 Å². The van der Waals surface area contributed by atoms with Crippen molar-refractivity contribution in [1.82, 2.24) is 4.98 Å². The molecular weight excluding hydrogens is 343 g/mol. The first-order valence-corrected chi connectivity index (χ1v) is 7.43. The highest BCUT2D eigenvalue weighted by Gasteiger charge is 2.32. The number of hydrogen-bond acceptors (Lipinski definition) is 2. The molecule has 0 aliphatic rings. The molecule has 3 aromatic rings. The van der Waals surface area contributed by atoms with Crippen molar-refractivity contribution >= 4 is 22.5 Å². The predicted octanol–water partition coefficient (Wildman–Crippen LogP) is 5.43. The molecule has 0 spiro atoms. The zero-order valence-corrected chi connectivity index (χ0v) is 13.3. The number of aryl methyl sites for hydroxylation is 1. The molecule has 2 N–H and O–H groups in total. The molecule has 0 fully saturated rings. The van der Waals surface area contributed by atoms with Crippen molar-refractivity contribution in [3.63, 3.8) is 0 Å². The summed E-state index contributed by atoms with van der Waals surface area (Å²) in [5, 5.41) is 10.2. The van der Waals surface area contributed by atoms with Gasteiger partial charge in [-0.2, -0.15) is 13.2 Å². The first-order valence-electron chi connectivity index (χ1n) is 7.05. The van der Waals surface area contributed by atoms with E-state index in [1.54, 1.807) is 12.1 Å². The van der Waals surface area contributed by atoms with E-state index in [9.17, 15) is 18.3 Å². The first-order chi connectivity index (χ1) is 11.3. The number of aromatic nitrogens is 1. The Kier molecular flexibility index (Phi) is 4.19. The summed E-state index contributed by atoms with van der Waals surface area (Å²) in [5.74, 6) is 0.369. The van der Waals surface area contributed by atoms with E-state index in [-0.39, 0.29) is 17.9 Å². The molecule has 1 aromatic heterocycles. The van der Waals surface area contributed by atoms with Gasteiger partial charge in [0, 0.05) is 22.2 Å². The van der Waals surface area contributed by atoms with Crippen LogP contribution in [0.25, 0.3) is 10.9 Å². The van der Waals surface area contributed by atoms with Gasteiger partial charge in [-0.25, -0.2) is 0 Å². The molecular formula is C17H13ClF3NO2. The van der Waals surface area contributed by atoms with Gasteiger partial charge >= 0.3 is 6.18 Å². The average molecular weight is 356 g/mol. The number of ether oxygens (including phenoxy) is 1. The molecule has 3 rings (SSSR count). The van der Waals surface area contributed by atoms with E-state index in [1.165, 1.54) is 25.1 Å². The van der Waals surface area contributed by atoms with Crippen molar-refractivity contribution in [3.8, 4) is 11.5 Å². The number of halogens is 4. The van der Waals surface area contributed by atoms with Crippen molar-refractivity contribution in [2.45, 2.75) is 19.7 Å². The summed E-state index contributed by atoms with van der Waals surface area (Å²) in [7, 11) is 0. The Morgan fingerprint density at radius 2 is 1.92 bits per heavy atom. The molecule has 3 nitrogen and oxygen atoms in total. The minimum Gasteiger partial charge on any atom is -0.457 e. The van der Waals surface area contributed by atoms with Crippen molar-refractivity contribution in [2.24, 2.45) is 0 Å². The molecule has 0 amide bonds. The Labute approximate surface area is 140 Å². The standard InChI is InChI=1S/C17H13ClF3NO2/c1-9-2-3-12(7-14(9)17(19,20)21)24-16-5-10(18)4-15-13(16)6-11(8-23)22-15/h2-7,22-23H,8H2,1H3. The summed E-state index contributed by atoms with van der Waals surface area (Å²) < 4.78 is 44.7. The number of benzene rings is 2. The highest BCUT2D eigenvalue weighted by Crippen LogP contribution is 2.37. The van der Waals surface area contributed by atoms with E-state index in [0.29, 0.717) is 27.4 Å². The molecule has 0 saturated carbocycles. The molecule has 126 valence electrons. The second kappa shape index (κ2) is 6.03. The zero-order valence-electron chi connectivity index (χ0n) is 12.5. The summed E-state index contributed by atoms with van der Waals surface area (Å²) in [6, 6.07) is 8.62. The van der Waals surface area contributed by atoms with Gasteiger partial charge in [-0.1, -0.05) is 17.7 Å². The summed E-state index contributed by atoms with van der Waals surface area (Å²) in [4.78, 5) is 2.96. The van der Waals surface area contributed by atoms with Crippen LogP contribution in [-0.4, -0.2) is 10.1 Å². The SMILES string of the molecule is Cc1ccc(Oc2cc(Cl)cc3[nH]c(CO)cc23)cc1C(F)(F)F. The lowest BCUT2D eigenvalue weighted by Crippen LogP contribution is -2.07. The Balaban J connectivity index is 2.05. The quantitative estimate of drug-likeness (QED) is 0.657. The summed E-state index contributed by atoms with van der Waals surface area (Å²) in [5.41, 5.74) is 0.556. The largest absolute Gasteiger partial charge is 0.457 e. The van der Waals surface area contributed by atoms with E-state index >= 15 is 0 Å². The highest BCUT2D eigenvalue weighted by atomic mass is 35.5. The highest BCUT2D eigenvalue weighted by molar-refractivity contribution is 6.31. The van der Waals surface area contributed by atoms with Gasteiger partial charge in [0.25, 0.3) is 0 Å². The van der Waals surface area contributed by atoms with Crippen molar-refractivity contribution in [1.29, 1.82) is 0 Å². The normalized spacial score (nSPS) is 11.9. The van der Waals surface area contributed by atoms with Gasteiger partial charge in [-0.3, -0.25) is 0 Å². The van der Waals surface area contributed by atoms with Crippen LogP contribution in [0.4, 0.5) is 13.2 Å². The van der Waals surface area contributed by atoms with E-state index < -0.39 is 11.7 Å². The van der Waals surface area contributed by atoms with Crippen LogP contribution in [0.5, 0.6) is 11.5 Å². The zero-order chi connectivity index (χ0) is 17.5. The fourth-order valence-corrected chi connectivity index (χ4v) is 2.70. The summed E-state index contributed by atoms with van der Waals surface area (Å²) in [6.45, 7) is 1.19. The number of nitrogens with one attached hydrogen (secondary N) is 1. The number of aromatic amines is 1. The van der Waals surface area contributed by atoms with Crippen LogP contribution in [0.1, 0.15) is 16.8 Å². The Morgan fingerprint density at radius 3 is 2.58 bits per heavy atom. The van der Waals surface area contributed by atoms with Crippen LogP contribution < -0.4 is 4.74 Å². The molecule has 0 aliphatic heterocycles. The minimum absolute atomic E-state index is 0.0586. The lowest BCUT2D eigenvalue weighted by molar-refractivity contribution is -0.138. The van der Waals surface area contributed by atoms with Crippen molar-refractivity contribution in [2.75, 3.05) is 0 Å². The molecule has 0 bridgehead atoms. The van der Waals surface area contributed by atoms with Gasteiger partial charge in [-0.15, -0.1) is 0 Å². The van der Waals surface area contributed by atoms with Crippen molar-refractivity contribution in [3.05, 3.63) is 58.2 Å². The van der Waals surface area contributed by atoms with Gasteiger partial charge in [0.05, 0.1) is 17.7 Å². The molecule has 0 radical (unpaired) electrons. The predicted molar refractivity (Wildman–Crippen MR) is 85.5 cm³/mol. The maximum absolute atomic E-state index is 13.0. The molecule has 0 saturated heterocycles. The van der Waals surface area contributed by atoms with E-state index in [2.05, 4.69) is 4.98 Å². The maximum atomic E-state index is 13.0. The molecule has 0 atom stereocenters. The topological polar surface area (TPSA) is 45.2 Å². The fraction of sp³-hybridized carbons (Fsp3) is 0.176. The number of hydrogen-bond donors (Lipinski definition) is 2. The minimum atomic E-state index is -4.45. The third-order valence-corrected chi connectivity index (χ3v) is 3.85. The number of alkyl halides is 3. The molecule has 24 heavy (non-hydrogen) atoms. The third kappa shape index (κ3) is 3.20. The lowest BCUT2D eigenvalue weighted by Gasteiger charge is -2.13.